The number of ether oxygens (including phenoxy) is 1. The van der Waals surface area contributed by atoms with E-state index in [1.54, 1.807) is 0 Å². The Bertz CT molecular complexity index is 158. The van der Waals surface area contributed by atoms with E-state index in [2.05, 4.69) is 34.8 Å². The van der Waals surface area contributed by atoms with Gasteiger partial charge in [0.15, 0.2) is 0 Å². The SMILES string of the molecule is CC(Br)CCN(C)CCCC1CCCO1. The Morgan fingerprint density at radius 2 is 2.27 bits per heavy atom. The van der Waals surface area contributed by atoms with E-state index in [9.17, 15) is 0 Å². The number of hydrogen-bond donors (Lipinski definition) is 0. The summed E-state index contributed by atoms with van der Waals surface area (Å²) >= 11 is 3.58. The number of hydrogen-bond acceptors (Lipinski definition) is 2. The van der Waals surface area contributed by atoms with Crippen molar-refractivity contribution in [2.45, 2.75) is 50.0 Å². The van der Waals surface area contributed by atoms with Gasteiger partial charge < -0.3 is 9.64 Å². The van der Waals surface area contributed by atoms with Crippen LogP contribution in [0.2, 0.25) is 0 Å². The van der Waals surface area contributed by atoms with Crippen LogP contribution >= 0.6 is 15.9 Å². The minimum Gasteiger partial charge on any atom is -0.378 e. The topological polar surface area (TPSA) is 12.5 Å². The molecule has 1 aliphatic heterocycles. The van der Waals surface area contributed by atoms with Gasteiger partial charge in [0.2, 0.25) is 0 Å². The fraction of sp³-hybridized carbons (Fsp3) is 1.00. The number of alkyl halides is 1. The molecule has 0 aromatic heterocycles. The summed E-state index contributed by atoms with van der Waals surface area (Å²) in [5.74, 6) is 0. The summed E-state index contributed by atoms with van der Waals surface area (Å²) in [6.45, 7) is 5.60. The molecule has 1 rings (SSSR count). The molecular formula is C12H24BrNO. The van der Waals surface area contributed by atoms with Gasteiger partial charge in [-0.1, -0.05) is 22.9 Å². The first-order chi connectivity index (χ1) is 7.18. The molecular weight excluding hydrogens is 254 g/mol. The van der Waals surface area contributed by atoms with Crippen LogP contribution in [-0.2, 0) is 4.74 Å². The summed E-state index contributed by atoms with van der Waals surface area (Å²) in [5, 5.41) is 0. The number of halogens is 1. The van der Waals surface area contributed by atoms with E-state index in [0.29, 0.717) is 10.9 Å². The molecule has 0 aromatic carbocycles. The highest BCUT2D eigenvalue weighted by atomic mass is 79.9. The van der Waals surface area contributed by atoms with Gasteiger partial charge in [0.1, 0.15) is 0 Å². The molecule has 0 aliphatic carbocycles. The van der Waals surface area contributed by atoms with Crippen LogP contribution in [0.1, 0.15) is 39.0 Å². The smallest absolute Gasteiger partial charge is 0.0576 e. The maximum Gasteiger partial charge on any atom is 0.0576 e. The average Bonchev–Trinajstić information content (AvgIpc) is 2.67. The lowest BCUT2D eigenvalue weighted by molar-refractivity contribution is 0.0997. The van der Waals surface area contributed by atoms with Crippen molar-refractivity contribution < 1.29 is 4.74 Å². The highest BCUT2D eigenvalue weighted by Gasteiger charge is 2.14. The van der Waals surface area contributed by atoms with Gasteiger partial charge in [-0.3, -0.25) is 0 Å². The Balaban J connectivity index is 1.93. The molecule has 15 heavy (non-hydrogen) atoms. The van der Waals surface area contributed by atoms with E-state index in [4.69, 9.17) is 4.74 Å². The molecule has 1 fully saturated rings. The van der Waals surface area contributed by atoms with Crippen LogP contribution in [0.3, 0.4) is 0 Å². The maximum atomic E-state index is 5.61. The molecule has 1 heterocycles. The standard InChI is InChI=1S/C12H24BrNO/c1-11(13)7-9-14(2)8-3-5-12-6-4-10-15-12/h11-12H,3-10H2,1-2H3. The van der Waals surface area contributed by atoms with E-state index in [1.165, 1.54) is 45.2 Å². The average molecular weight is 278 g/mol. The Hall–Kier alpha value is 0.400. The van der Waals surface area contributed by atoms with E-state index in [1.807, 2.05) is 0 Å². The van der Waals surface area contributed by atoms with Crippen LogP contribution in [0.25, 0.3) is 0 Å². The second kappa shape index (κ2) is 7.64. The van der Waals surface area contributed by atoms with Gasteiger partial charge >= 0.3 is 0 Å². The largest absolute Gasteiger partial charge is 0.378 e. The van der Waals surface area contributed by atoms with Gasteiger partial charge in [-0.15, -0.1) is 0 Å². The van der Waals surface area contributed by atoms with Crippen molar-refractivity contribution in [2.75, 3.05) is 26.7 Å². The van der Waals surface area contributed by atoms with Crippen LogP contribution < -0.4 is 0 Å². The second-order valence-corrected chi connectivity index (χ2v) is 6.21. The maximum absolute atomic E-state index is 5.61. The first-order valence-electron chi connectivity index (χ1n) is 6.12. The molecule has 0 spiro atoms. The van der Waals surface area contributed by atoms with Crippen molar-refractivity contribution in [2.24, 2.45) is 0 Å². The van der Waals surface area contributed by atoms with E-state index in [0.717, 1.165) is 6.61 Å². The highest BCUT2D eigenvalue weighted by molar-refractivity contribution is 9.09. The Kier molecular flexibility index (Phi) is 6.86. The Morgan fingerprint density at radius 3 is 2.87 bits per heavy atom. The third-order valence-electron chi connectivity index (χ3n) is 3.00. The lowest BCUT2D eigenvalue weighted by atomic mass is 10.1. The number of nitrogens with zero attached hydrogens (tertiary/aromatic N) is 1. The molecule has 0 amide bonds. The quantitative estimate of drug-likeness (QED) is 0.664. The summed E-state index contributed by atoms with van der Waals surface area (Å²) in [6.07, 6.45) is 6.86. The molecule has 0 saturated carbocycles. The minimum atomic E-state index is 0.563. The molecule has 1 aliphatic rings. The van der Waals surface area contributed by atoms with Crippen molar-refractivity contribution in [1.82, 2.24) is 4.90 Å². The molecule has 3 heteroatoms. The summed E-state index contributed by atoms with van der Waals surface area (Å²) < 4.78 is 5.61. The zero-order valence-electron chi connectivity index (χ0n) is 10.0. The monoisotopic (exact) mass is 277 g/mol. The molecule has 0 aromatic rings. The van der Waals surface area contributed by atoms with Crippen molar-refractivity contribution in [3.8, 4) is 0 Å². The zero-order chi connectivity index (χ0) is 11.1. The third kappa shape index (κ3) is 6.54. The van der Waals surface area contributed by atoms with Crippen molar-refractivity contribution >= 4 is 15.9 Å². The number of rotatable bonds is 7. The zero-order valence-corrected chi connectivity index (χ0v) is 11.6. The molecule has 0 bridgehead atoms. The second-order valence-electron chi connectivity index (χ2n) is 4.65. The molecule has 90 valence electrons. The Morgan fingerprint density at radius 1 is 1.47 bits per heavy atom. The van der Waals surface area contributed by atoms with Crippen LogP contribution in [0, 0.1) is 0 Å². The van der Waals surface area contributed by atoms with E-state index >= 15 is 0 Å². The first kappa shape index (κ1) is 13.5. The minimum absolute atomic E-state index is 0.563. The lowest BCUT2D eigenvalue weighted by Gasteiger charge is -2.18. The van der Waals surface area contributed by atoms with Gasteiger partial charge in [0.05, 0.1) is 6.10 Å². The van der Waals surface area contributed by atoms with Crippen LogP contribution in [0.5, 0.6) is 0 Å². The summed E-state index contributed by atoms with van der Waals surface area (Å²) in [7, 11) is 2.21. The molecule has 0 N–H and O–H groups in total. The summed E-state index contributed by atoms with van der Waals surface area (Å²) in [5.41, 5.74) is 0. The van der Waals surface area contributed by atoms with Crippen LogP contribution in [-0.4, -0.2) is 42.6 Å². The lowest BCUT2D eigenvalue weighted by Crippen LogP contribution is -2.23. The highest BCUT2D eigenvalue weighted by Crippen LogP contribution is 2.16. The van der Waals surface area contributed by atoms with Gasteiger partial charge in [-0.2, -0.15) is 0 Å². The fourth-order valence-corrected chi connectivity index (χ4v) is 2.18. The van der Waals surface area contributed by atoms with Gasteiger partial charge in [0.25, 0.3) is 0 Å². The van der Waals surface area contributed by atoms with Crippen molar-refractivity contribution in [3.05, 3.63) is 0 Å². The summed E-state index contributed by atoms with van der Waals surface area (Å²) in [4.78, 5) is 3.06. The van der Waals surface area contributed by atoms with Crippen LogP contribution in [0.15, 0.2) is 0 Å². The van der Waals surface area contributed by atoms with E-state index in [-0.39, 0.29) is 0 Å². The van der Waals surface area contributed by atoms with E-state index < -0.39 is 0 Å². The molecule has 1 saturated heterocycles. The molecule has 2 unspecified atom stereocenters. The van der Waals surface area contributed by atoms with Gasteiger partial charge in [-0.05, 0) is 52.2 Å². The fourth-order valence-electron chi connectivity index (χ4n) is 1.97. The normalized spacial score (nSPS) is 23.6. The molecule has 0 radical (unpaired) electrons. The predicted molar refractivity (Wildman–Crippen MR) is 68.7 cm³/mol. The van der Waals surface area contributed by atoms with Crippen molar-refractivity contribution in [3.63, 3.8) is 0 Å². The van der Waals surface area contributed by atoms with Gasteiger partial charge in [-0.25, -0.2) is 0 Å². The molecule has 2 nitrogen and oxygen atoms in total. The van der Waals surface area contributed by atoms with Gasteiger partial charge in [0, 0.05) is 11.4 Å². The summed E-state index contributed by atoms with van der Waals surface area (Å²) in [6, 6.07) is 0. The third-order valence-corrected chi connectivity index (χ3v) is 3.46. The predicted octanol–water partition coefficient (Wildman–Crippen LogP) is 3.05. The molecule has 2 atom stereocenters. The van der Waals surface area contributed by atoms with Crippen molar-refractivity contribution in [1.29, 1.82) is 0 Å². The van der Waals surface area contributed by atoms with Crippen LogP contribution in [0.4, 0.5) is 0 Å². The Labute approximate surface area is 102 Å². The first-order valence-corrected chi connectivity index (χ1v) is 7.04.